The van der Waals surface area contributed by atoms with Crippen LogP contribution >= 0.6 is 11.8 Å². The van der Waals surface area contributed by atoms with Crippen molar-refractivity contribution >= 4 is 65.1 Å². The minimum atomic E-state index is -1.17. The second-order valence-electron chi connectivity index (χ2n) is 19.9. The lowest BCUT2D eigenvalue weighted by Gasteiger charge is -2.24. The summed E-state index contributed by atoms with van der Waals surface area (Å²) in [5.41, 5.74) is 12.7. The van der Waals surface area contributed by atoms with Crippen LogP contribution < -0.4 is 36.0 Å². The van der Waals surface area contributed by atoms with Crippen molar-refractivity contribution in [1.82, 2.24) is 55.7 Å². The predicted octanol–water partition coefficient (Wildman–Crippen LogP) is 3.94. The van der Waals surface area contributed by atoms with Gasteiger partial charge in [0.15, 0.2) is 0 Å². The summed E-state index contributed by atoms with van der Waals surface area (Å²) in [7, 11) is 3.81. The van der Waals surface area contributed by atoms with Crippen LogP contribution in [0.1, 0.15) is 103 Å². The van der Waals surface area contributed by atoms with Gasteiger partial charge >= 0.3 is 5.97 Å². The third-order valence-electron chi connectivity index (χ3n) is 12.7. The topological polar surface area (TPSA) is 288 Å². The van der Waals surface area contributed by atoms with Crippen LogP contribution in [0, 0.1) is 0 Å². The number of nitrogens with one attached hydrogen (secondary N) is 3. The smallest absolute Gasteiger partial charge is 0.336 e. The number of amides is 5. The number of carboxylic acid groups (broad SMARTS) is 1. The number of carbonyl (C=O) groups is 6. The Hall–Kier alpha value is -8.08. The van der Waals surface area contributed by atoms with Gasteiger partial charge in [0.05, 0.1) is 39.7 Å². The molecular formula is C53H65N15O8S. The quantitative estimate of drug-likeness (QED) is 0.0187. The minimum Gasteiger partial charge on any atom is -0.478 e. The Morgan fingerprint density at radius 1 is 0.870 bits per heavy atom. The number of aryl methyl sites for hydroxylation is 1. The van der Waals surface area contributed by atoms with Gasteiger partial charge < -0.3 is 30.7 Å². The number of ether oxygens (including phenoxy) is 1. The summed E-state index contributed by atoms with van der Waals surface area (Å²) in [6.07, 6.45) is 5.97. The van der Waals surface area contributed by atoms with Crippen LogP contribution in [-0.4, -0.2) is 145 Å². The molecule has 23 nitrogen and oxygen atoms in total. The molecule has 3 aromatic carbocycles. The predicted molar refractivity (Wildman–Crippen MR) is 289 cm³/mol. The number of benzene rings is 3. The van der Waals surface area contributed by atoms with Crippen molar-refractivity contribution in [3.05, 3.63) is 122 Å². The zero-order valence-corrected chi connectivity index (χ0v) is 44.8. The molecule has 5 aromatic rings. The number of rotatable bonds is 27. The summed E-state index contributed by atoms with van der Waals surface area (Å²) >= 11 is 1.09. The van der Waals surface area contributed by atoms with Gasteiger partial charge in [0.2, 0.25) is 23.6 Å². The van der Waals surface area contributed by atoms with Gasteiger partial charge in [-0.25, -0.2) is 9.48 Å². The number of likely N-dealkylation sites (tertiary alicyclic amines) is 1. The number of hydrogen-bond donors (Lipinski definition) is 4. The van der Waals surface area contributed by atoms with Crippen molar-refractivity contribution in [3.63, 3.8) is 0 Å². The van der Waals surface area contributed by atoms with Crippen molar-refractivity contribution in [1.29, 1.82) is 0 Å². The maximum absolute atomic E-state index is 13.5. The lowest BCUT2D eigenvalue weighted by molar-refractivity contribution is -0.138. The van der Waals surface area contributed by atoms with Gasteiger partial charge in [0.25, 0.3) is 5.91 Å². The first-order chi connectivity index (χ1) is 36.9. The molecule has 0 saturated carbocycles. The van der Waals surface area contributed by atoms with Crippen molar-refractivity contribution in [2.45, 2.75) is 89.7 Å². The third kappa shape index (κ3) is 15.3. The Balaban J connectivity index is 0.792. The number of fused-ring (bicyclic) bond motifs is 2. The molecule has 1 unspecified atom stereocenters. The van der Waals surface area contributed by atoms with E-state index in [4.69, 9.17) is 10.3 Å². The second-order valence-corrected chi connectivity index (χ2v) is 21.1. The van der Waals surface area contributed by atoms with E-state index in [0.717, 1.165) is 33.7 Å². The van der Waals surface area contributed by atoms with Gasteiger partial charge in [0.1, 0.15) is 11.5 Å². The first-order valence-corrected chi connectivity index (χ1v) is 26.4. The summed E-state index contributed by atoms with van der Waals surface area (Å²) in [5.74, 6) is -1.81. The molecule has 406 valence electrons. The van der Waals surface area contributed by atoms with Gasteiger partial charge in [-0.1, -0.05) is 34.3 Å². The van der Waals surface area contributed by atoms with Crippen LogP contribution in [0.3, 0.4) is 0 Å². The number of hydrogen-bond acceptors (Lipinski definition) is 15. The van der Waals surface area contributed by atoms with E-state index in [1.165, 1.54) is 12.1 Å². The molecular weight excluding hydrogens is 1010 g/mol. The second kappa shape index (κ2) is 26.1. The van der Waals surface area contributed by atoms with E-state index in [1.807, 2.05) is 66.4 Å². The standard InChI is InChI=1S/C53H65N15O8S/c1-34-12-15-40-43(25-34)76-44-27-38(64(5)6)14-17-41(44)49(40)42-26-35(13-16-39(42)52(74)75)50(72)57-20-9-24-67-48(71)28-45(51(67)73)77-33-47(70)56-19-8-18-55-46(69)11-7-23-66-31-36(59-62-66)29-65(22-10-21-58-61-54)30-37-32-68(63-60-37)53(2,3)4/h12-17,25-27,31-32,45H,1,7-11,18-24,28-30,33H2,2-6H3,(H,55,69)(H,56,70)(H,57,72)(H,74,75). The third-order valence-corrected chi connectivity index (χ3v) is 13.9. The van der Waals surface area contributed by atoms with Crippen LogP contribution in [-0.2, 0) is 44.4 Å². The van der Waals surface area contributed by atoms with Crippen LogP contribution in [0.4, 0.5) is 5.69 Å². The summed E-state index contributed by atoms with van der Waals surface area (Å²) < 4.78 is 9.82. The average molecular weight is 1070 g/mol. The molecule has 0 radical (unpaired) electrons. The minimum absolute atomic E-state index is 0.000455. The number of azide groups is 1. The van der Waals surface area contributed by atoms with Crippen LogP contribution in [0.5, 0.6) is 11.5 Å². The number of imide groups is 1. The average Bonchev–Trinajstić information content (AvgIpc) is 4.25. The highest BCUT2D eigenvalue weighted by Gasteiger charge is 2.38. The van der Waals surface area contributed by atoms with E-state index < -0.39 is 23.0 Å². The molecule has 0 bridgehead atoms. The molecule has 1 saturated heterocycles. The molecule has 4 N–H and O–H groups in total. The van der Waals surface area contributed by atoms with Crippen molar-refractivity contribution in [2.24, 2.45) is 5.11 Å². The highest BCUT2D eigenvalue weighted by atomic mass is 32.2. The molecule has 2 aliphatic rings. The molecule has 5 amide bonds. The van der Waals surface area contributed by atoms with Crippen molar-refractivity contribution in [3.8, 4) is 11.5 Å². The molecule has 4 heterocycles. The molecule has 2 aliphatic heterocycles. The molecule has 0 aliphatic carbocycles. The molecule has 1 atom stereocenters. The van der Waals surface area contributed by atoms with E-state index in [2.05, 4.69) is 78.9 Å². The Morgan fingerprint density at radius 3 is 2.34 bits per heavy atom. The zero-order chi connectivity index (χ0) is 55.2. The first kappa shape index (κ1) is 56.6. The Morgan fingerprint density at radius 2 is 1.61 bits per heavy atom. The fraction of sp³-hybridized carbons (Fsp3) is 0.434. The first-order valence-electron chi connectivity index (χ1n) is 25.4. The summed E-state index contributed by atoms with van der Waals surface area (Å²) in [6.45, 7) is 13.6. The number of aromatic nitrogens is 6. The fourth-order valence-corrected chi connectivity index (χ4v) is 9.68. The maximum Gasteiger partial charge on any atom is 0.336 e. The summed E-state index contributed by atoms with van der Waals surface area (Å²) in [6, 6.07) is 15.5. The summed E-state index contributed by atoms with van der Waals surface area (Å²) in [5, 5.41) is 40.2. The van der Waals surface area contributed by atoms with Crippen LogP contribution in [0.2, 0.25) is 0 Å². The number of anilines is 1. The highest BCUT2D eigenvalue weighted by Crippen LogP contribution is 2.39. The largest absolute Gasteiger partial charge is 0.478 e. The Bertz CT molecular complexity index is 3160. The summed E-state index contributed by atoms with van der Waals surface area (Å²) in [4.78, 5) is 85.5. The van der Waals surface area contributed by atoms with Gasteiger partial charge in [0, 0.05) is 124 Å². The zero-order valence-electron chi connectivity index (χ0n) is 44.0. The fourth-order valence-electron chi connectivity index (χ4n) is 8.69. The number of carboxylic acids is 1. The molecule has 2 aromatic heterocycles. The van der Waals surface area contributed by atoms with Crippen molar-refractivity contribution < 1.29 is 38.6 Å². The highest BCUT2D eigenvalue weighted by molar-refractivity contribution is 8.01. The number of carbonyl (C=O) groups excluding carboxylic acids is 5. The van der Waals surface area contributed by atoms with E-state index in [0.29, 0.717) is 104 Å². The normalized spacial score (nSPS) is 13.9. The van der Waals surface area contributed by atoms with E-state index >= 15 is 0 Å². The SMILES string of the molecule is C=c1ccc2c(c1)Oc1cc(N(C)C)ccc1C=2c1cc(C(=O)NCCCN2C(=O)CC(SCC(=O)NCCCNC(=O)CCCn3cc(CN(CCCN=[N+]=[N-])Cc4cn(C(C)(C)C)nn4)nn3)C2=O)ccc1C(=O)O. The van der Waals surface area contributed by atoms with Gasteiger partial charge in [-0.15, -0.1) is 22.0 Å². The number of thioether (sulfide) groups is 1. The molecule has 7 rings (SSSR count). The number of nitrogens with zero attached hydrogens (tertiary/aromatic N) is 12. The Kier molecular flexibility index (Phi) is 19.2. The Labute approximate surface area is 449 Å². The van der Waals surface area contributed by atoms with E-state index in [1.54, 1.807) is 16.8 Å². The van der Waals surface area contributed by atoms with Gasteiger partial charge in [-0.05, 0) is 106 Å². The van der Waals surface area contributed by atoms with Crippen LogP contribution in [0.25, 0.3) is 22.6 Å². The van der Waals surface area contributed by atoms with Crippen LogP contribution in [0.15, 0.2) is 72.1 Å². The van der Waals surface area contributed by atoms with Gasteiger partial charge in [-0.2, -0.15) is 0 Å². The lowest BCUT2D eigenvalue weighted by atomic mass is 9.88. The monoisotopic (exact) mass is 1070 g/mol. The molecule has 0 spiro atoms. The van der Waals surface area contributed by atoms with Gasteiger partial charge in [-0.3, -0.25) is 38.5 Å². The number of aromatic carboxylic acids is 1. The van der Waals surface area contributed by atoms with Crippen molar-refractivity contribution in [2.75, 3.05) is 64.0 Å². The maximum atomic E-state index is 13.5. The molecule has 77 heavy (non-hydrogen) atoms. The molecule has 24 heteroatoms. The lowest BCUT2D eigenvalue weighted by Crippen LogP contribution is -2.35. The molecule has 1 fully saturated rings. The van der Waals surface area contributed by atoms with E-state index in [9.17, 15) is 33.9 Å². The van der Waals surface area contributed by atoms with E-state index in [-0.39, 0.29) is 72.5 Å².